The number of esters is 4. The van der Waals surface area contributed by atoms with Crippen molar-refractivity contribution in [2.24, 2.45) is 0 Å². The summed E-state index contributed by atoms with van der Waals surface area (Å²) in [6, 6.07) is 6.46. The number of rotatable bonds is 8. The molecule has 1 saturated heterocycles. The minimum absolute atomic E-state index is 0.326. The summed E-state index contributed by atoms with van der Waals surface area (Å²) in [5, 5.41) is 0. The molecule has 176 valence electrons. The molecule has 2 rings (SSSR count). The van der Waals surface area contributed by atoms with Crippen molar-refractivity contribution in [1.82, 2.24) is 0 Å². The van der Waals surface area contributed by atoms with Gasteiger partial charge in [-0.25, -0.2) is 0 Å². The fourth-order valence-corrected chi connectivity index (χ4v) is 3.07. The predicted octanol–water partition coefficient (Wildman–Crippen LogP) is 1.16. The van der Waals surface area contributed by atoms with E-state index in [4.69, 9.17) is 33.2 Å². The van der Waals surface area contributed by atoms with Crippen molar-refractivity contribution in [2.75, 3.05) is 13.7 Å². The molecule has 0 radical (unpaired) electrons. The fourth-order valence-electron chi connectivity index (χ4n) is 3.07. The van der Waals surface area contributed by atoms with Crippen LogP contribution >= 0.6 is 0 Å². The highest BCUT2D eigenvalue weighted by atomic mass is 16.7. The van der Waals surface area contributed by atoms with Gasteiger partial charge >= 0.3 is 23.9 Å². The zero-order valence-electron chi connectivity index (χ0n) is 18.4. The Kier molecular flexibility index (Phi) is 8.82. The molecule has 0 saturated carbocycles. The number of methoxy groups -OCH3 is 1. The van der Waals surface area contributed by atoms with Gasteiger partial charge in [0.25, 0.3) is 0 Å². The highest BCUT2D eigenvalue weighted by Crippen LogP contribution is 2.31. The van der Waals surface area contributed by atoms with Gasteiger partial charge in [0, 0.05) is 27.7 Å². The van der Waals surface area contributed by atoms with E-state index in [0.717, 1.165) is 20.8 Å². The first-order valence-corrected chi connectivity index (χ1v) is 9.72. The molecule has 5 atom stereocenters. The number of hydrogen-bond donors (Lipinski definition) is 0. The van der Waals surface area contributed by atoms with Crippen molar-refractivity contribution in [3.63, 3.8) is 0 Å². The van der Waals surface area contributed by atoms with Crippen LogP contribution in [0.4, 0.5) is 0 Å². The van der Waals surface area contributed by atoms with Gasteiger partial charge in [0.2, 0.25) is 12.4 Å². The molecule has 0 aromatic heterocycles. The van der Waals surface area contributed by atoms with Crippen molar-refractivity contribution < 1.29 is 52.3 Å². The third kappa shape index (κ3) is 7.12. The molecule has 1 aliphatic heterocycles. The molecule has 11 heteroatoms. The lowest BCUT2D eigenvalue weighted by Crippen LogP contribution is -2.63. The van der Waals surface area contributed by atoms with Gasteiger partial charge in [-0.2, -0.15) is 0 Å². The van der Waals surface area contributed by atoms with Crippen molar-refractivity contribution in [1.29, 1.82) is 0 Å². The molecule has 1 aliphatic rings. The summed E-state index contributed by atoms with van der Waals surface area (Å²) in [6.45, 7) is 4.31. The summed E-state index contributed by atoms with van der Waals surface area (Å²) in [6.07, 6.45) is -6.20. The van der Waals surface area contributed by atoms with Crippen molar-refractivity contribution >= 4 is 23.9 Å². The zero-order valence-corrected chi connectivity index (χ0v) is 18.4. The number of carbonyl (C=O) groups excluding carboxylic acids is 4. The minimum atomic E-state index is -1.29. The maximum atomic E-state index is 11.8. The highest BCUT2D eigenvalue weighted by Gasteiger charge is 2.53. The molecule has 1 aromatic carbocycles. The molecule has 32 heavy (non-hydrogen) atoms. The largest absolute Gasteiger partial charge is 0.497 e. The van der Waals surface area contributed by atoms with Crippen LogP contribution in [0, 0.1) is 0 Å². The van der Waals surface area contributed by atoms with Crippen molar-refractivity contribution in [2.45, 2.75) is 58.4 Å². The first-order chi connectivity index (χ1) is 15.1. The summed E-state index contributed by atoms with van der Waals surface area (Å²) < 4.78 is 37.8. The topological polar surface area (TPSA) is 133 Å². The highest BCUT2D eigenvalue weighted by molar-refractivity contribution is 5.68. The average molecular weight is 454 g/mol. The molecule has 0 bridgehead atoms. The lowest BCUT2D eigenvalue weighted by atomic mass is 9.98. The van der Waals surface area contributed by atoms with E-state index in [9.17, 15) is 19.2 Å². The average Bonchev–Trinajstić information content (AvgIpc) is 2.70. The maximum absolute atomic E-state index is 11.8. The van der Waals surface area contributed by atoms with Crippen LogP contribution in [-0.2, 0) is 42.9 Å². The second kappa shape index (κ2) is 11.3. The number of ether oxygens (including phenoxy) is 7. The molecule has 0 amide bonds. The SMILES string of the molecule is COc1ccc(O[C@@H]2O[C@H](COC(C)=O)[C@@H](OC(C)=O)[C@H](OC(C)=O)[C@H]2OC(C)=O)cc1. The van der Waals surface area contributed by atoms with E-state index in [0.29, 0.717) is 11.5 Å². The molecule has 0 spiro atoms. The number of hydrogen-bond acceptors (Lipinski definition) is 11. The third-order valence-corrected chi connectivity index (χ3v) is 4.26. The van der Waals surface area contributed by atoms with E-state index < -0.39 is 54.6 Å². The summed E-state index contributed by atoms with van der Waals surface area (Å²) in [4.78, 5) is 46.6. The summed E-state index contributed by atoms with van der Waals surface area (Å²) >= 11 is 0. The normalized spacial score (nSPS) is 24.6. The van der Waals surface area contributed by atoms with Gasteiger partial charge in [-0.1, -0.05) is 0 Å². The van der Waals surface area contributed by atoms with Gasteiger partial charge in [-0.05, 0) is 24.3 Å². The molecule has 11 nitrogen and oxygen atoms in total. The zero-order chi connectivity index (χ0) is 23.8. The van der Waals surface area contributed by atoms with Gasteiger partial charge in [-0.3, -0.25) is 19.2 Å². The maximum Gasteiger partial charge on any atom is 0.303 e. The van der Waals surface area contributed by atoms with Gasteiger partial charge in [0.05, 0.1) is 7.11 Å². The molecule has 0 N–H and O–H groups in total. The summed E-state index contributed by atoms with van der Waals surface area (Å²) in [5.74, 6) is -1.83. The van der Waals surface area contributed by atoms with Crippen LogP contribution in [0.5, 0.6) is 11.5 Å². The summed E-state index contributed by atoms with van der Waals surface area (Å²) in [5.41, 5.74) is 0. The van der Waals surface area contributed by atoms with E-state index >= 15 is 0 Å². The Balaban J connectivity index is 2.42. The summed E-state index contributed by atoms with van der Waals surface area (Å²) in [7, 11) is 1.51. The van der Waals surface area contributed by atoms with Crippen molar-refractivity contribution in [3.05, 3.63) is 24.3 Å². The Morgan fingerprint density at radius 1 is 0.750 bits per heavy atom. The van der Waals surface area contributed by atoms with E-state index in [2.05, 4.69) is 0 Å². The third-order valence-electron chi connectivity index (χ3n) is 4.26. The second-order valence-corrected chi connectivity index (χ2v) is 6.86. The predicted molar refractivity (Wildman–Crippen MR) is 106 cm³/mol. The van der Waals surface area contributed by atoms with Crippen LogP contribution < -0.4 is 9.47 Å². The monoisotopic (exact) mass is 454 g/mol. The first kappa shape index (κ1) is 24.9. The number of carbonyl (C=O) groups is 4. The van der Waals surface area contributed by atoms with Crippen LogP contribution in [0.2, 0.25) is 0 Å². The molecule has 1 heterocycles. The van der Waals surface area contributed by atoms with Gasteiger partial charge in [-0.15, -0.1) is 0 Å². The lowest BCUT2D eigenvalue weighted by Gasteiger charge is -2.43. The van der Waals surface area contributed by atoms with Crippen LogP contribution in [-0.4, -0.2) is 68.3 Å². The number of benzene rings is 1. The lowest BCUT2D eigenvalue weighted by molar-refractivity contribution is -0.288. The van der Waals surface area contributed by atoms with E-state index in [1.54, 1.807) is 24.3 Å². The Hall–Kier alpha value is -3.34. The Morgan fingerprint density at radius 2 is 1.25 bits per heavy atom. The first-order valence-electron chi connectivity index (χ1n) is 9.72. The van der Waals surface area contributed by atoms with Gasteiger partial charge in [0.15, 0.2) is 12.2 Å². The fraction of sp³-hybridized carbons (Fsp3) is 0.524. The smallest absolute Gasteiger partial charge is 0.303 e. The Morgan fingerprint density at radius 3 is 1.75 bits per heavy atom. The van der Waals surface area contributed by atoms with E-state index in [1.165, 1.54) is 14.0 Å². The quantitative estimate of drug-likeness (QED) is 0.414. The van der Waals surface area contributed by atoms with Crippen molar-refractivity contribution in [3.8, 4) is 11.5 Å². The molecular weight excluding hydrogens is 428 g/mol. The van der Waals surface area contributed by atoms with Gasteiger partial charge in [0.1, 0.15) is 24.2 Å². The van der Waals surface area contributed by atoms with Gasteiger partial charge < -0.3 is 33.2 Å². The van der Waals surface area contributed by atoms with Crippen LogP contribution in [0.1, 0.15) is 27.7 Å². The molecule has 0 unspecified atom stereocenters. The second-order valence-electron chi connectivity index (χ2n) is 6.86. The van der Waals surface area contributed by atoms with Crippen LogP contribution in [0.15, 0.2) is 24.3 Å². The molecule has 1 aromatic rings. The van der Waals surface area contributed by atoms with E-state index in [-0.39, 0.29) is 6.61 Å². The van der Waals surface area contributed by atoms with Crippen LogP contribution in [0.3, 0.4) is 0 Å². The molecule has 1 fully saturated rings. The Bertz CT molecular complexity index is 820. The standard InChI is InChI=1S/C21H26O11/c1-11(22)27-10-17-18(28-12(2)23)19(29-13(3)24)20(30-14(4)25)21(32-17)31-16-8-6-15(26-5)7-9-16/h6-9,17-21H,10H2,1-5H3/t17-,18-,19+,20-,21-/m1/s1. The molecular formula is C21H26O11. The van der Waals surface area contributed by atoms with E-state index in [1.807, 2.05) is 0 Å². The van der Waals surface area contributed by atoms with Crippen LogP contribution in [0.25, 0.3) is 0 Å². The Labute approximate surface area is 184 Å². The molecule has 0 aliphatic carbocycles. The minimum Gasteiger partial charge on any atom is -0.497 e.